The first-order valence-electron chi connectivity index (χ1n) is 7.50. The average molecular weight is 275 g/mol. The molecule has 1 aromatic carbocycles. The molecule has 4 rings (SSSR count). The molecule has 0 amide bonds. The van der Waals surface area contributed by atoms with Crippen LogP contribution in [0.15, 0.2) is 36.4 Å². The van der Waals surface area contributed by atoms with Gasteiger partial charge in [0.2, 0.25) is 0 Å². The number of imidazole rings is 1. The van der Waals surface area contributed by atoms with Gasteiger partial charge in [-0.25, -0.2) is 4.98 Å². The van der Waals surface area contributed by atoms with Gasteiger partial charge in [-0.1, -0.05) is 24.3 Å². The summed E-state index contributed by atoms with van der Waals surface area (Å²) in [6.07, 6.45) is 9.18. The fourth-order valence-corrected chi connectivity index (χ4v) is 3.65. The molecule has 2 aliphatic carbocycles. The number of rotatable bonds is 2. The summed E-state index contributed by atoms with van der Waals surface area (Å²) in [5.41, 5.74) is 3.79. The molecule has 1 saturated carbocycles. The Labute approximate surface area is 124 Å². The minimum atomic E-state index is 0.490. The van der Waals surface area contributed by atoms with E-state index < -0.39 is 0 Å². The SMILES string of the molecule is Cc1ccc2nc(/C(C#N)=C\[C@H]3C[C@@H]4C=C[C@H]3C4)[nH]c2c1. The number of H-pyrrole nitrogens is 1. The third-order valence-corrected chi connectivity index (χ3v) is 4.72. The molecule has 3 atom stereocenters. The van der Waals surface area contributed by atoms with Crippen molar-refractivity contribution in [2.45, 2.75) is 19.8 Å². The van der Waals surface area contributed by atoms with E-state index in [9.17, 15) is 5.26 Å². The first-order chi connectivity index (χ1) is 10.2. The summed E-state index contributed by atoms with van der Waals surface area (Å²) < 4.78 is 0. The summed E-state index contributed by atoms with van der Waals surface area (Å²) in [7, 11) is 0. The molecule has 1 N–H and O–H groups in total. The van der Waals surface area contributed by atoms with Gasteiger partial charge in [0.25, 0.3) is 0 Å². The normalized spacial score (nSPS) is 27.4. The molecular weight excluding hydrogens is 258 g/mol. The zero-order valence-electron chi connectivity index (χ0n) is 12.0. The Morgan fingerprint density at radius 2 is 2.29 bits per heavy atom. The Kier molecular flexibility index (Phi) is 2.71. The number of aromatic amines is 1. The van der Waals surface area contributed by atoms with Crippen molar-refractivity contribution in [3.63, 3.8) is 0 Å². The van der Waals surface area contributed by atoms with Crippen molar-refractivity contribution in [3.8, 4) is 6.07 Å². The zero-order valence-corrected chi connectivity index (χ0v) is 12.0. The molecule has 0 radical (unpaired) electrons. The van der Waals surface area contributed by atoms with Gasteiger partial charge in [0.05, 0.1) is 16.6 Å². The maximum Gasteiger partial charge on any atom is 0.148 e. The maximum absolute atomic E-state index is 9.49. The molecule has 0 aliphatic heterocycles. The number of benzene rings is 1. The van der Waals surface area contributed by atoms with Crippen molar-refractivity contribution in [1.82, 2.24) is 9.97 Å². The van der Waals surface area contributed by atoms with Gasteiger partial charge in [-0.15, -0.1) is 0 Å². The molecule has 3 nitrogen and oxygen atoms in total. The predicted molar refractivity (Wildman–Crippen MR) is 83.3 cm³/mol. The molecule has 21 heavy (non-hydrogen) atoms. The van der Waals surface area contributed by atoms with Crippen LogP contribution < -0.4 is 0 Å². The van der Waals surface area contributed by atoms with Crippen molar-refractivity contribution in [2.24, 2.45) is 17.8 Å². The lowest BCUT2D eigenvalue weighted by molar-refractivity contribution is 0.551. The van der Waals surface area contributed by atoms with Crippen molar-refractivity contribution >= 4 is 16.6 Å². The highest BCUT2D eigenvalue weighted by Gasteiger charge is 2.34. The van der Waals surface area contributed by atoms with Crippen LogP contribution in [0.25, 0.3) is 16.6 Å². The molecule has 3 heteroatoms. The second kappa shape index (κ2) is 4.60. The fraction of sp³-hybridized carbons (Fsp3) is 0.333. The van der Waals surface area contributed by atoms with E-state index in [4.69, 9.17) is 0 Å². The lowest BCUT2D eigenvalue weighted by Crippen LogP contribution is -2.04. The van der Waals surface area contributed by atoms with E-state index in [0.29, 0.717) is 23.2 Å². The lowest BCUT2D eigenvalue weighted by Gasteiger charge is -2.13. The summed E-state index contributed by atoms with van der Waals surface area (Å²) in [6.45, 7) is 2.06. The van der Waals surface area contributed by atoms with Crippen LogP contribution in [-0.4, -0.2) is 9.97 Å². The van der Waals surface area contributed by atoms with Gasteiger partial charge >= 0.3 is 0 Å². The van der Waals surface area contributed by atoms with Crippen LogP contribution in [0.4, 0.5) is 0 Å². The average Bonchev–Trinajstić information content (AvgIpc) is 3.18. The molecular formula is C18H17N3. The molecule has 2 bridgehead atoms. The van der Waals surface area contributed by atoms with E-state index in [2.05, 4.69) is 47.3 Å². The highest BCUT2D eigenvalue weighted by Crippen LogP contribution is 2.44. The van der Waals surface area contributed by atoms with Crippen LogP contribution in [0.2, 0.25) is 0 Å². The van der Waals surface area contributed by atoms with Gasteiger partial charge in [0.1, 0.15) is 11.9 Å². The standard InChI is InChI=1S/C18H17N3/c1-11-2-5-16-17(6-11)21-18(20-16)15(10-19)9-14-8-12-3-4-13(14)7-12/h2-6,9,12-14H,7-8H2,1H3,(H,20,21)/b15-9-/t12-,13+,14-/m1/s1. The number of fused-ring (bicyclic) bond motifs is 3. The van der Waals surface area contributed by atoms with Gasteiger partial charge in [-0.2, -0.15) is 5.26 Å². The van der Waals surface area contributed by atoms with Crippen LogP contribution in [0.1, 0.15) is 24.2 Å². The summed E-state index contributed by atoms with van der Waals surface area (Å²) >= 11 is 0. The Morgan fingerprint density at radius 3 is 3.00 bits per heavy atom. The minimum absolute atomic E-state index is 0.490. The molecule has 2 aromatic rings. The minimum Gasteiger partial charge on any atom is -0.337 e. The highest BCUT2D eigenvalue weighted by molar-refractivity contribution is 5.82. The number of nitrogens with zero attached hydrogens (tertiary/aromatic N) is 2. The second-order valence-electron chi connectivity index (χ2n) is 6.24. The van der Waals surface area contributed by atoms with Gasteiger partial charge in [0.15, 0.2) is 0 Å². The van der Waals surface area contributed by atoms with Crippen molar-refractivity contribution in [1.29, 1.82) is 5.26 Å². The first-order valence-corrected chi connectivity index (χ1v) is 7.50. The molecule has 0 spiro atoms. The molecule has 2 aliphatic rings. The smallest absolute Gasteiger partial charge is 0.148 e. The van der Waals surface area contributed by atoms with Gasteiger partial charge in [-0.05, 0) is 55.2 Å². The number of aromatic nitrogens is 2. The third kappa shape index (κ3) is 2.08. The number of nitriles is 1. The molecule has 0 unspecified atom stereocenters. The number of hydrogen-bond donors (Lipinski definition) is 1. The summed E-state index contributed by atoms with van der Waals surface area (Å²) in [6, 6.07) is 8.44. The fourth-order valence-electron chi connectivity index (χ4n) is 3.65. The number of aryl methyl sites for hydroxylation is 1. The van der Waals surface area contributed by atoms with Gasteiger partial charge in [-0.3, -0.25) is 0 Å². The Balaban J connectivity index is 1.71. The summed E-state index contributed by atoms with van der Waals surface area (Å²) in [5.74, 6) is 2.52. The molecule has 1 fully saturated rings. The number of nitrogens with one attached hydrogen (secondary N) is 1. The summed E-state index contributed by atoms with van der Waals surface area (Å²) in [5, 5.41) is 9.49. The van der Waals surface area contributed by atoms with Crippen LogP contribution in [-0.2, 0) is 0 Å². The Morgan fingerprint density at radius 1 is 1.38 bits per heavy atom. The van der Waals surface area contributed by atoms with Gasteiger partial charge in [0, 0.05) is 0 Å². The van der Waals surface area contributed by atoms with E-state index in [1.807, 2.05) is 12.1 Å². The van der Waals surface area contributed by atoms with Crippen molar-refractivity contribution in [2.75, 3.05) is 0 Å². The number of allylic oxidation sites excluding steroid dienone is 4. The first kappa shape index (κ1) is 12.4. The number of hydrogen-bond acceptors (Lipinski definition) is 2. The molecule has 1 aromatic heterocycles. The monoisotopic (exact) mass is 275 g/mol. The van der Waals surface area contributed by atoms with E-state index in [-0.39, 0.29) is 0 Å². The molecule has 1 heterocycles. The third-order valence-electron chi connectivity index (χ3n) is 4.72. The highest BCUT2D eigenvalue weighted by atomic mass is 14.9. The lowest BCUT2D eigenvalue weighted by atomic mass is 9.91. The van der Waals surface area contributed by atoms with Crippen LogP contribution >= 0.6 is 0 Å². The largest absolute Gasteiger partial charge is 0.337 e. The van der Waals surface area contributed by atoms with E-state index in [1.165, 1.54) is 18.4 Å². The predicted octanol–water partition coefficient (Wildman–Crippen LogP) is 3.99. The van der Waals surface area contributed by atoms with E-state index in [0.717, 1.165) is 17.0 Å². The Bertz CT molecular complexity index is 803. The second-order valence-corrected chi connectivity index (χ2v) is 6.24. The van der Waals surface area contributed by atoms with Crippen LogP contribution in [0, 0.1) is 36.0 Å². The zero-order chi connectivity index (χ0) is 14.4. The van der Waals surface area contributed by atoms with Crippen LogP contribution in [0.3, 0.4) is 0 Å². The van der Waals surface area contributed by atoms with Crippen LogP contribution in [0.5, 0.6) is 0 Å². The molecule has 104 valence electrons. The van der Waals surface area contributed by atoms with E-state index >= 15 is 0 Å². The Hall–Kier alpha value is -2.34. The van der Waals surface area contributed by atoms with E-state index in [1.54, 1.807) is 0 Å². The quantitative estimate of drug-likeness (QED) is 0.665. The van der Waals surface area contributed by atoms with Crippen molar-refractivity contribution in [3.05, 3.63) is 47.8 Å². The van der Waals surface area contributed by atoms with Gasteiger partial charge < -0.3 is 4.98 Å². The maximum atomic E-state index is 9.49. The topological polar surface area (TPSA) is 52.5 Å². The van der Waals surface area contributed by atoms with Crippen molar-refractivity contribution < 1.29 is 0 Å². The molecule has 0 saturated heterocycles. The summed E-state index contributed by atoms with van der Waals surface area (Å²) in [4.78, 5) is 7.85.